The molecule has 0 fully saturated rings. The molecule has 2 aromatic carbocycles. The van der Waals surface area contributed by atoms with Crippen LogP contribution in [0.15, 0.2) is 66.9 Å². The number of rotatable bonds is 4. The number of aromatic nitrogens is 1. The van der Waals surface area contributed by atoms with Crippen molar-refractivity contribution in [3.8, 4) is 11.5 Å². The molecule has 4 rings (SSSR count). The number of ether oxygens (including phenoxy) is 2. The van der Waals surface area contributed by atoms with Gasteiger partial charge in [0.2, 0.25) is 0 Å². The average molecular weight is 361 g/mol. The maximum atomic E-state index is 12.8. The van der Waals surface area contributed by atoms with Gasteiger partial charge in [0.25, 0.3) is 5.91 Å². The molecule has 1 N–H and O–H groups in total. The highest BCUT2D eigenvalue weighted by Crippen LogP contribution is 2.33. The molecule has 0 spiro atoms. The Morgan fingerprint density at radius 3 is 2.59 bits per heavy atom. The molecule has 1 aliphatic heterocycles. The minimum Gasteiger partial charge on any atom is -0.486 e. The summed E-state index contributed by atoms with van der Waals surface area (Å²) in [4.78, 5) is 18.7. The van der Waals surface area contributed by atoms with E-state index in [1.54, 1.807) is 30.3 Å². The summed E-state index contributed by atoms with van der Waals surface area (Å²) in [6.45, 7) is 1.09. The van der Waals surface area contributed by atoms with Crippen molar-refractivity contribution in [3.05, 3.63) is 72.4 Å². The first kappa shape index (κ1) is 16.9. The van der Waals surface area contributed by atoms with Crippen molar-refractivity contribution in [2.24, 2.45) is 0 Å². The lowest BCUT2D eigenvalue weighted by Crippen LogP contribution is -2.26. The van der Waals surface area contributed by atoms with E-state index in [1.807, 2.05) is 48.5 Å². The van der Waals surface area contributed by atoms with Crippen LogP contribution in [0.5, 0.6) is 11.5 Å². The van der Waals surface area contributed by atoms with Crippen molar-refractivity contribution >= 4 is 23.1 Å². The topological polar surface area (TPSA) is 63.7 Å². The number of nitrogens with one attached hydrogen (secondary N) is 1. The third-order valence-corrected chi connectivity index (χ3v) is 4.27. The molecule has 6 nitrogen and oxygen atoms in total. The van der Waals surface area contributed by atoms with E-state index in [1.165, 1.54) is 0 Å². The highest BCUT2D eigenvalue weighted by molar-refractivity contribution is 6.06. The number of fused-ring (bicyclic) bond motifs is 1. The Morgan fingerprint density at radius 1 is 1.00 bits per heavy atom. The van der Waals surface area contributed by atoms with Gasteiger partial charge in [0.1, 0.15) is 19.0 Å². The zero-order chi connectivity index (χ0) is 18.6. The summed E-state index contributed by atoms with van der Waals surface area (Å²) in [6.07, 6.45) is 1.62. The second-order valence-corrected chi connectivity index (χ2v) is 6.11. The number of anilines is 3. The van der Waals surface area contributed by atoms with Crippen molar-refractivity contribution in [1.29, 1.82) is 0 Å². The zero-order valence-corrected chi connectivity index (χ0v) is 14.9. The van der Waals surface area contributed by atoms with Crippen LogP contribution in [0.4, 0.5) is 17.2 Å². The normalized spacial score (nSPS) is 12.3. The van der Waals surface area contributed by atoms with Gasteiger partial charge in [0, 0.05) is 36.2 Å². The van der Waals surface area contributed by atoms with Gasteiger partial charge < -0.3 is 19.7 Å². The van der Waals surface area contributed by atoms with E-state index < -0.39 is 0 Å². The Bertz CT molecular complexity index is 960. The lowest BCUT2D eigenvalue weighted by molar-refractivity contribution is 0.0993. The SMILES string of the molecule is CN(C(=O)c1ccnc(Nc2ccc3c(c2)OCCO3)c1)c1ccccc1. The van der Waals surface area contributed by atoms with Crippen molar-refractivity contribution in [2.75, 3.05) is 30.5 Å². The Hall–Kier alpha value is -3.54. The van der Waals surface area contributed by atoms with Crippen LogP contribution in [0.1, 0.15) is 10.4 Å². The Kier molecular flexibility index (Phi) is 4.61. The smallest absolute Gasteiger partial charge is 0.258 e. The summed E-state index contributed by atoms with van der Waals surface area (Å²) in [6, 6.07) is 18.6. The minimum atomic E-state index is -0.103. The number of nitrogens with zero attached hydrogens (tertiary/aromatic N) is 2. The van der Waals surface area contributed by atoms with E-state index in [4.69, 9.17) is 9.47 Å². The highest BCUT2D eigenvalue weighted by Gasteiger charge is 2.15. The van der Waals surface area contributed by atoms with Gasteiger partial charge in [-0.05, 0) is 36.4 Å². The van der Waals surface area contributed by atoms with Gasteiger partial charge in [-0.1, -0.05) is 18.2 Å². The van der Waals surface area contributed by atoms with Crippen molar-refractivity contribution in [2.45, 2.75) is 0 Å². The molecule has 136 valence electrons. The zero-order valence-electron chi connectivity index (χ0n) is 14.9. The standard InChI is InChI=1S/C21H19N3O3/c1-24(17-5-3-2-4-6-17)21(25)15-9-10-22-20(13-15)23-16-7-8-18-19(14-16)27-12-11-26-18/h2-10,13-14H,11-12H2,1H3,(H,22,23). The summed E-state index contributed by atoms with van der Waals surface area (Å²) in [5.41, 5.74) is 2.20. The van der Waals surface area contributed by atoms with Crippen LogP contribution >= 0.6 is 0 Å². The average Bonchev–Trinajstić information content (AvgIpc) is 2.73. The summed E-state index contributed by atoms with van der Waals surface area (Å²) in [5.74, 6) is 1.91. The van der Waals surface area contributed by atoms with Crippen LogP contribution in [-0.4, -0.2) is 31.2 Å². The number of carbonyl (C=O) groups excluding carboxylic acids is 1. The van der Waals surface area contributed by atoms with Gasteiger partial charge in [-0.2, -0.15) is 0 Å². The van der Waals surface area contributed by atoms with Crippen LogP contribution in [-0.2, 0) is 0 Å². The molecular formula is C21H19N3O3. The molecule has 1 amide bonds. The molecule has 0 saturated heterocycles. The first-order valence-electron chi connectivity index (χ1n) is 8.66. The number of hydrogen-bond donors (Lipinski definition) is 1. The van der Waals surface area contributed by atoms with Crippen LogP contribution in [0.2, 0.25) is 0 Å². The first-order chi connectivity index (χ1) is 13.2. The van der Waals surface area contributed by atoms with Gasteiger partial charge in [-0.3, -0.25) is 4.79 Å². The van der Waals surface area contributed by atoms with E-state index in [0.717, 1.165) is 17.1 Å². The number of benzene rings is 2. The fourth-order valence-electron chi connectivity index (χ4n) is 2.86. The molecule has 0 saturated carbocycles. The van der Waals surface area contributed by atoms with Gasteiger partial charge in [0.05, 0.1) is 0 Å². The lowest BCUT2D eigenvalue weighted by Gasteiger charge is -2.19. The molecule has 6 heteroatoms. The fraction of sp³-hybridized carbons (Fsp3) is 0.143. The molecule has 0 radical (unpaired) electrons. The lowest BCUT2D eigenvalue weighted by atomic mass is 10.2. The fourth-order valence-corrected chi connectivity index (χ4v) is 2.86. The van der Waals surface area contributed by atoms with Crippen LogP contribution < -0.4 is 19.7 Å². The van der Waals surface area contributed by atoms with Crippen molar-refractivity contribution in [3.63, 3.8) is 0 Å². The van der Waals surface area contributed by atoms with Crippen LogP contribution in [0, 0.1) is 0 Å². The van der Waals surface area contributed by atoms with Gasteiger partial charge in [-0.25, -0.2) is 4.98 Å². The summed E-state index contributed by atoms with van der Waals surface area (Å²) < 4.78 is 11.1. The quantitative estimate of drug-likeness (QED) is 0.764. The maximum absolute atomic E-state index is 12.8. The largest absolute Gasteiger partial charge is 0.486 e. The third-order valence-electron chi connectivity index (χ3n) is 4.27. The van der Waals surface area contributed by atoms with Gasteiger partial charge in [0.15, 0.2) is 11.5 Å². The van der Waals surface area contributed by atoms with Crippen molar-refractivity contribution < 1.29 is 14.3 Å². The number of pyridine rings is 1. The molecule has 0 atom stereocenters. The molecule has 2 heterocycles. The molecular weight excluding hydrogens is 342 g/mol. The third kappa shape index (κ3) is 3.69. The molecule has 0 unspecified atom stereocenters. The maximum Gasteiger partial charge on any atom is 0.258 e. The molecule has 3 aromatic rings. The molecule has 1 aliphatic rings. The number of amides is 1. The van der Waals surface area contributed by atoms with E-state index in [2.05, 4.69) is 10.3 Å². The van der Waals surface area contributed by atoms with Gasteiger partial charge in [-0.15, -0.1) is 0 Å². The predicted octanol–water partition coefficient (Wildman–Crippen LogP) is 3.87. The second kappa shape index (κ2) is 7.37. The van der Waals surface area contributed by atoms with Crippen LogP contribution in [0.3, 0.4) is 0 Å². The van der Waals surface area contributed by atoms with E-state index >= 15 is 0 Å². The summed E-state index contributed by atoms with van der Waals surface area (Å²) in [7, 11) is 1.76. The predicted molar refractivity (Wildman–Crippen MR) is 104 cm³/mol. The van der Waals surface area contributed by atoms with Crippen LogP contribution in [0.25, 0.3) is 0 Å². The molecule has 0 aliphatic carbocycles. The van der Waals surface area contributed by atoms with Gasteiger partial charge >= 0.3 is 0 Å². The molecule has 1 aromatic heterocycles. The summed E-state index contributed by atoms with van der Waals surface area (Å²) >= 11 is 0. The number of hydrogen-bond acceptors (Lipinski definition) is 5. The number of para-hydroxylation sites is 1. The van der Waals surface area contributed by atoms with E-state index in [-0.39, 0.29) is 5.91 Å². The van der Waals surface area contributed by atoms with E-state index in [0.29, 0.717) is 30.3 Å². The second-order valence-electron chi connectivity index (χ2n) is 6.11. The highest BCUT2D eigenvalue weighted by atomic mass is 16.6. The first-order valence-corrected chi connectivity index (χ1v) is 8.66. The Labute approximate surface area is 157 Å². The molecule has 0 bridgehead atoms. The Balaban J connectivity index is 1.53. The van der Waals surface area contributed by atoms with Crippen molar-refractivity contribution in [1.82, 2.24) is 4.98 Å². The summed E-state index contributed by atoms with van der Waals surface area (Å²) in [5, 5.41) is 3.21. The monoisotopic (exact) mass is 361 g/mol. The molecule has 27 heavy (non-hydrogen) atoms. The Morgan fingerprint density at radius 2 is 1.78 bits per heavy atom. The number of carbonyl (C=O) groups is 1. The van der Waals surface area contributed by atoms with E-state index in [9.17, 15) is 4.79 Å². The minimum absolute atomic E-state index is 0.103.